The van der Waals surface area contributed by atoms with Gasteiger partial charge in [0.2, 0.25) is 0 Å². The molecule has 22 heavy (non-hydrogen) atoms. The van der Waals surface area contributed by atoms with Crippen LogP contribution in [0.3, 0.4) is 0 Å². The van der Waals surface area contributed by atoms with Gasteiger partial charge >= 0.3 is 5.97 Å². The van der Waals surface area contributed by atoms with Crippen molar-refractivity contribution < 1.29 is 14.6 Å². The molecule has 0 radical (unpaired) electrons. The molecule has 1 aromatic carbocycles. The van der Waals surface area contributed by atoms with Crippen molar-refractivity contribution >= 4 is 21.9 Å². The number of carbonyl (C=O) groups is 1. The number of benzene rings is 1. The van der Waals surface area contributed by atoms with Gasteiger partial charge < -0.3 is 9.84 Å². The van der Waals surface area contributed by atoms with Crippen molar-refractivity contribution in [1.82, 2.24) is 10.2 Å². The Hall–Kier alpha value is -1.82. The summed E-state index contributed by atoms with van der Waals surface area (Å²) in [4.78, 5) is 11.5. The standard InChI is InChI=1S/C16H19BrN2O3/c1-9(2)6-7-22-13-5-4-11(17)8-12(13)15-14(16(20)21)10(3)18-19-15/h4-5,8-9H,6-7H2,1-3H3,(H,18,19)(H,20,21). The fourth-order valence-electron chi connectivity index (χ4n) is 2.10. The van der Waals surface area contributed by atoms with E-state index in [9.17, 15) is 9.90 Å². The van der Waals surface area contributed by atoms with Crippen molar-refractivity contribution in [3.05, 3.63) is 33.9 Å². The van der Waals surface area contributed by atoms with E-state index in [0.29, 0.717) is 35.2 Å². The summed E-state index contributed by atoms with van der Waals surface area (Å²) in [6.07, 6.45) is 0.931. The number of halogens is 1. The lowest BCUT2D eigenvalue weighted by atomic mass is 10.1. The Kier molecular flexibility index (Phi) is 5.24. The van der Waals surface area contributed by atoms with Gasteiger partial charge in [0.1, 0.15) is 17.0 Å². The highest BCUT2D eigenvalue weighted by molar-refractivity contribution is 9.10. The molecule has 0 saturated carbocycles. The molecule has 5 nitrogen and oxygen atoms in total. The van der Waals surface area contributed by atoms with Crippen LogP contribution in [-0.2, 0) is 0 Å². The van der Waals surface area contributed by atoms with Crippen molar-refractivity contribution in [2.75, 3.05) is 6.61 Å². The minimum atomic E-state index is -1.01. The molecule has 6 heteroatoms. The predicted octanol–water partition coefficient (Wildman–Crippen LogP) is 4.27. The van der Waals surface area contributed by atoms with Gasteiger partial charge in [-0.05, 0) is 37.5 Å². The zero-order valence-corrected chi connectivity index (χ0v) is 14.4. The average molecular weight is 367 g/mol. The van der Waals surface area contributed by atoms with Gasteiger partial charge in [0, 0.05) is 15.7 Å². The van der Waals surface area contributed by atoms with Crippen LogP contribution in [0.2, 0.25) is 0 Å². The van der Waals surface area contributed by atoms with Crippen molar-refractivity contribution in [3.63, 3.8) is 0 Å². The summed E-state index contributed by atoms with van der Waals surface area (Å²) < 4.78 is 6.68. The largest absolute Gasteiger partial charge is 0.493 e. The molecule has 0 unspecified atom stereocenters. The molecule has 2 rings (SSSR count). The van der Waals surface area contributed by atoms with Crippen LogP contribution in [0.4, 0.5) is 0 Å². The van der Waals surface area contributed by atoms with Crippen LogP contribution in [0.1, 0.15) is 36.3 Å². The number of hydrogen-bond donors (Lipinski definition) is 2. The Morgan fingerprint density at radius 2 is 2.18 bits per heavy atom. The summed E-state index contributed by atoms with van der Waals surface area (Å²) in [6, 6.07) is 5.52. The Labute approximate surface area is 137 Å². The number of aromatic nitrogens is 2. The van der Waals surface area contributed by atoms with E-state index in [1.807, 2.05) is 18.2 Å². The number of ether oxygens (including phenoxy) is 1. The molecular formula is C16H19BrN2O3. The summed E-state index contributed by atoms with van der Waals surface area (Å²) >= 11 is 3.41. The molecule has 0 amide bonds. The second-order valence-corrected chi connectivity index (χ2v) is 6.46. The van der Waals surface area contributed by atoms with E-state index in [1.165, 1.54) is 0 Å². The zero-order valence-electron chi connectivity index (χ0n) is 12.8. The van der Waals surface area contributed by atoms with Gasteiger partial charge in [0.15, 0.2) is 0 Å². The zero-order chi connectivity index (χ0) is 16.3. The number of aromatic amines is 1. The first-order valence-corrected chi connectivity index (χ1v) is 7.90. The van der Waals surface area contributed by atoms with E-state index in [0.717, 1.165) is 10.9 Å². The Balaban J connectivity index is 2.41. The Morgan fingerprint density at radius 3 is 2.82 bits per heavy atom. The summed E-state index contributed by atoms with van der Waals surface area (Å²) in [5.41, 5.74) is 1.76. The van der Waals surface area contributed by atoms with Crippen LogP contribution in [0, 0.1) is 12.8 Å². The molecule has 0 saturated heterocycles. The third kappa shape index (κ3) is 3.68. The minimum absolute atomic E-state index is 0.173. The van der Waals surface area contributed by atoms with Crippen LogP contribution < -0.4 is 4.74 Å². The fourth-order valence-corrected chi connectivity index (χ4v) is 2.46. The topological polar surface area (TPSA) is 75.2 Å². The van der Waals surface area contributed by atoms with Crippen LogP contribution in [0.15, 0.2) is 22.7 Å². The average Bonchev–Trinajstić information content (AvgIpc) is 2.82. The van der Waals surface area contributed by atoms with Gasteiger partial charge in [0.05, 0.1) is 6.61 Å². The number of hydrogen-bond acceptors (Lipinski definition) is 3. The monoisotopic (exact) mass is 366 g/mol. The van der Waals surface area contributed by atoms with Crippen LogP contribution in [0.25, 0.3) is 11.3 Å². The molecule has 0 atom stereocenters. The normalized spacial score (nSPS) is 11.0. The van der Waals surface area contributed by atoms with Gasteiger partial charge in [-0.1, -0.05) is 29.8 Å². The molecule has 0 aliphatic heterocycles. The number of carboxylic acids is 1. The maximum atomic E-state index is 11.5. The highest BCUT2D eigenvalue weighted by Gasteiger charge is 2.21. The molecule has 0 aliphatic rings. The van der Waals surface area contributed by atoms with E-state index in [4.69, 9.17) is 4.74 Å². The molecule has 118 valence electrons. The first-order valence-electron chi connectivity index (χ1n) is 7.11. The summed E-state index contributed by atoms with van der Waals surface area (Å²) in [7, 11) is 0. The highest BCUT2D eigenvalue weighted by Crippen LogP contribution is 2.34. The smallest absolute Gasteiger partial charge is 0.339 e. The number of nitrogens with zero attached hydrogens (tertiary/aromatic N) is 1. The first kappa shape index (κ1) is 16.5. The molecule has 0 fully saturated rings. The molecule has 0 bridgehead atoms. The maximum Gasteiger partial charge on any atom is 0.339 e. The minimum Gasteiger partial charge on any atom is -0.493 e. The van der Waals surface area contributed by atoms with Crippen LogP contribution >= 0.6 is 15.9 Å². The van der Waals surface area contributed by atoms with E-state index < -0.39 is 5.97 Å². The van der Waals surface area contributed by atoms with Gasteiger partial charge in [-0.15, -0.1) is 0 Å². The van der Waals surface area contributed by atoms with E-state index in [1.54, 1.807) is 6.92 Å². The third-order valence-corrected chi connectivity index (χ3v) is 3.80. The molecule has 2 N–H and O–H groups in total. The predicted molar refractivity (Wildman–Crippen MR) is 88.4 cm³/mol. The van der Waals surface area contributed by atoms with Crippen LogP contribution in [-0.4, -0.2) is 27.9 Å². The van der Waals surface area contributed by atoms with E-state index >= 15 is 0 Å². The third-order valence-electron chi connectivity index (χ3n) is 3.31. The Bertz CT molecular complexity index is 680. The van der Waals surface area contributed by atoms with Crippen molar-refractivity contribution in [2.24, 2.45) is 5.92 Å². The second kappa shape index (κ2) is 6.96. The molecular weight excluding hydrogens is 348 g/mol. The lowest BCUT2D eigenvalue weighted by Gasteiger charge is -2.12. The lowest BCUT2D eigenvalue weighted by Crippen LogP contribution is -2.04. The van der Waals surface area contributed by atoms with Gasteiger partial charge in [0.25, 0.3) is 0 Å². The fraction of sp³-hybridized carbons (Fsp3) is 0.375. The van der Waals surface area contributed by atoms with Crippen molar-refractivity contribution in [3.8, 4) is 17.0 Å². The summed E-state index contributed by atoms with van der Waals surface area (Å²) in [5.74, 6) is 0.174. The Morgan fingerprint density at radius 1 is 1.45 bits per heavy atom. The van der Waals surface area contributed by atoms with Gasteiger partial charge in [-0.25, -0.2) is 4.79 Å². The quantitative estimate of drug-likeness (QED) is 0.800. The number of nitrogens with one attached hydrogen (secondary N) is 1. The molecule has 2 aromatic rings. The summed E-state index contributed by atoms with van der Waals surface area (Å²) in [5, 5.41) is 16.3. The molecule has 0 spiro atoms. The summed E-state index contributed by atoms with van der Waals surface area (Å²) in [6.45, 7) is 6.53. The SMILES string of the molecule is Cc1[nH]nc(-c2cc(Br)ccc2OCCC(C)C)c1C(=O)O. The second-order valence-electron chi connectivity index (χ2n) is 5.55. The van der Waals surface area contributed by atoms with Crippen LogP contribution in [0.5, 0.6) is 5.75 Å². The molecule has 1 heterocycles. The number of rotatable bonds is 6. The maximum absolute atomic E-state index is 11.5. The highest BCUT2D eigenvalue weighted by atomic mass is 79.9. The van der Waals surface area contributed by atoms with Crippen molar-refractivity contribution in [1.29, 1.82) is 0 Å². The van der Waals surface area contributed by atoms with Crippen molar-refractivity contribution in [2.45, 2.75) is 27.2 Å². The van der Waals surface area contributed by atoms with E-state index in [2.05, 4.69) is 40.0 Å². The van der Waals surface area contributed by atoms with E-state index in [-0.39, 0.29) is 5.56 Å². The molecule has 1 aromatic heterocycles. The number of aryl methyl sites for hydroxylation is 1. The first-order chi connectivity index (χ1) is 10.4. The van der Waals surface area contributed by atoms with Gasteiger partial charge in [-0.3, -0.25) is 5.10 Å². The van der Waals surface area contributed by atoms with Gasteiger partial charge in [-0.2, -0.15) is 5.10 Å². The number of H-pyrrole nitrogens is 1. The molecule has 0 aliphatic carbocycles. The number of carboxylic acid groups (broad SMARTS) is 1. The lowest BCUT2D eigenvalue weighted by molar-refractivity contribution is 0.0697. The number of aromatic carboxylic acids is 1.